The van der Waals surface area contributed by atoms with Crippen LogP contribution in [0, 0.1) is 0 Å². The molecule has 102 valence electrons. The highest BCUT2D eigenvalue weighted by Crippen LogP contribution is 2.26. The first kappa shape index (κ1) is 12.9. The predicted octanol–water partition coefficient (Wildman–Crippen LogP) is 3.62. The van der Waals surface area contributed by atoms with Crippen LogP contribution in [0.5, 0.6) is 0 Å². The van der Waals surface area contributed by atoms with Crippen molar-refractivity contribution in [1.29, 1.82) is 0 Å². The number of hydrogen-bond donors (Lipinski definition) is 1. The summed E-state index contributed by atoms with van der Waals surface area (Å²) < 4.78 is 0. The number of ketones is 1. The maximum Gasteiger partial charge on any atom is 0.155 e. The smallest absolute Gasteiger partial charge is 0.155 e. The molecule has 1 aliphatic heterocycles. The van der Waals surface area contributed by atoms with Gasteiger partial charge in [-0.15, -0.1) is 0 Å². The summed E-state index contributed by atoms with van der Waals surface area (Å²) >= 11 is 0. The lowest BCUT2D eigenvalue weighted by molar-refractivity contribution is -0.119. The molecule has 0 aliphatic carbocycles. The summed E-state index contributed by atoms with van der Waals surface area (Å²) in [5.41, 5.74) is 3.69. The number of fused-ring (bicyclic) bond motifs is 1. The topological polar surface area (TPSA) is 29.1 Å². The van der Waals surface area contributed by atoms with E-state index in [4.69, 9.17) is 0 Å². The Balaban J connectivity index is 1.49. The van der Waals surface area contributed by atoms with Gasteiger partial charge in [0.05, 0.1) is 6.04 Å². The monoisotopic (exact) mass is 265 g/mol. The zero-order valence-corrected chi connectivity index (χ0v) is 11.5. The Labute approximate surface area is 119 Å². The van der Waals surface area contributed by atoms with Crippen LogP contribution in [-0.2, 0) is 17.6 Å². The maximum atomic E-state index is 12.2. The highest BCUT2D eigenvalue weighted by Gasteiger charge is 2.25. The third-order valence-corrected chi connectivity index (χ3v) is 3.89. The van der Waals surface area contributed by atoms with E-state index in [0.717, 1.165) is 24.9 Å². The van der Waals surface area contributed by atoms with Crippen LogP contribution in [0.3, 0.4) is 0 Å². The van der Waals surface area contributed by atoms with E-state index in [1.165, 1.54) is 11.1 Å². The van der Waals surface area contributed by atoms with Crippen LogP contribution >= 0.6 is 0 Å². The van der Waals surface area contributed by atoms with Gasteiger partial charge >= 0.3 is 0 Å². The molecule has 1 atom stereocenters. The number of rotatable bonds is 5. The number of benzene rings is 2. The van der Waals surface area contributed by atoms with Gasteiger partial charge in [-0.2, -0.15) is 0 Å². The van der Waals surface area contributed by atoms with Crippen molar-refractivity contribution in [3.05, 3.63) is 65.7 Å². The Hall–Kier alpha value is -2.09. The maximum absolute atomic E-state index is 12.2. The lowest BCUT2D eigenvalue weighted by Crippen LogP contribution is -2.26. The largest absolute Gasteiger partial charge is 0.375 e. The fraction of sp³-hybridized carbons (Fsp3) is 0.278. The summed E-state index contributed by atoms with van der Waals surface area (Å²) in [5, 5.41) is 3.33. The molecule has 1 heterocycles. The zero-order valence-electron chi connectivity index (χ0n) is 11.5. The molecule has 2 aromatic carbocycles. The molecule has 0 amide bonds. The fourth-order valence-electron chi connectivity index (χ4n) is 2.78. The van der Waals surface area contributed by atoms with Crippen LogP contribution < -0.4 is 5.32 Å². The molecule has 20 heavy (non-hydrogen) atoms. The summed E-state index contributed by atoms with van der Waals surface area (Å²) in [6, 6.07) is 18.5. The predicted molar refractivity (Wildman–Crippen MR) is 81.9 cm³/mol. The molecule has 0 spiro atoms. The summed E-state index contributed by atoms with van der Waals surface area (Å²) in [5.74, 6) is 0.331. The first-order valence-corrected chi connectivity index (χ1v) is 7.24. The molecule has 2 aromatic rings. The molecule has 2 heteroatoms. The molecule has 0 radical (unpaired) electrons. The Bertz CT molecular complexity index is 566. The van der Waals surface area contributed by atoms with E-state index in [-0.39, 0.29) is 6.04 Å². The SMILES string of the molecule is O=C(CCCc1ccccc1)C1Cc2ccccc2N1. The summed E-state index contributed by atoms with van der Waals surface area (Å²) in [6.07, 6.45) is 3.39. The van der Waals surface area contributed by atoms with Crippen molar-refractivity contribution in [2.24, 2.45) is 0 Å². The van der Waals surface area contributed by atoms with Crippen molar-refractivity contribution < 1.29 is 4.79 Å². The number of carbonyl (C=O) groups is 1. The number of hydrogen-bond acceptors (Lipinski definition) is 2. The van der Waals surface area contributed by atoms with Crippen molar-refractivity contribution in [2.75, 3.05) is 5.32 Å². The Morgan fingerprint density at radius 3 is 2.60 bits per heavy atom. The molecule has 0 bridgehead atoms. The molecule has 0 saturated heterocycles. The lowest BCUT2D eigenvalue weighted by atomic mass is 10.0. The van der Waals surface area contributed by atoms with E-state index in [9.17, 15) is 4.79 Å². The van der Waals surface area contributed by atoms with Crippen molar-refractivity contribution in [1.82, 2.24) is 0 Å². The normalized spacial score (nSPS) is 16.5. The van der Waals surface area contributed by atoms with Crippen molar-refractivity contribution in [3.8, 4) is 0 Å². The van der Waals surface area contributed by atoms with Gasteiger partial charge in [-0.05, 0) is 30.0 Å². The molecule has 1 unspecified atom stereocenters. The molecule has 3 rings (SSSR count). The quantitative estimate of drug-likeness (QED) is 0.894. The number of para-hydroxylation sites is 1. The molecule has 0 saturated carbocycles. The second-order valence-corrected chi connectivity index (χ2v) is 5.36. The Morgan fingerprint density at radius 1 is 1.05 bits per heavy atom. The lowest BCUT2D eigenvalue weighted by Gasteiger charge is -2.10. The highest BCUT2D eigenvalue weighted by molar-refractivity contribution is 5.89. The van der Waals surface area contributed by atoms with Gasteiger partial charge in [0.15, 0.2) is 5.78 Å². The van der Waals surface area contributed by atoms with Crippen LogP contribution in [0.1, 0.15) is 24.0 Å². The van der Waals surface area contributed by atoms with Gasteiger partial charge in [-0.25, -0.2) is 0 Å². The Morgan fingerprint density at radius 2 is 1.80 bits per heavy atom. The van der Waals surface area contributed by atoms with E-state index in [2.05, 4.69) is 23.5 Å². The van der Waals surface area contributed by atoms with Crippen molar-refractivity contribution >= 4 is 11.5 Å². The molecular formula is C18H19NO. The Kier molecular flexibility index (Phi) is 3.82. The van der Waals surface area contributed by atoms with Crippen LogP contribution in [0.4, 0.5) is 5.69 Å². The van der Waals surface area contributed by atoms with E-state index in [1.54, 1.807) is 0 Å². The molecule has 1 N–H and O–H groups in total. The third kappa shape index (κ3) is 2.90. The zero-order chi connectivity index (χ0) is 13.8. The van der Waals surface area contributed by atoms with E-state index in [1.807, 2.05) is 36.4 Å². The van der Waals surface area contributed by atoms with Gasteiger partial charge in [0.25, 0.3) is 0 Å². The number of Topliss-reactive ketones (excluding diaryl/α,β-unsaturated/α-hetero) is 1. The van der Waals surface area contributed by atoms with Gasteiger partial charge in [-0.3, -0.25) is 4.79 Å². The van der Waals surface area contributed by atoms with Gasteiger partial charge in [-0.1, -0.05) is 48.5 Å². The van der Waals surface area contributed by atoms with E-state index < -0.39 is 0 Å². The third-order valence-electron chi connectivity index (χ3n) is 3.89. The summed E-state index contributed by atoms with van der Waals surface area (Å²) in [4.78, 5) is 12.2. The average molecular weight is 265 g/mol. The molecule has 1 aliphatic rings. The number of nitrogens with one attached hydrogen (secondary N) is 1. The summed E-state index contributed by atoms with van der Waals surface area (Å²) in [6.45, 7) is 0. The van der Waals surface area contributed by atoms with E-state index in [0.29, 0.717) is 12.2 Å². The molecule has 0 fully saturated rings. The number of carbonyl (C=O) groups excluding carboxylic acids is 1. The first-order valence-electron chi connectivity index (χ1n) is 7.24. The first-order chi connectivity index (χ1) is 9.83. The van der Waals surface area contributed by atoms with Crippen LogP contribution in [0.2, 0.25) is 0 Å². The van der Waals surface area contributed by atoms with Crippen LogP contribution in [0.25, 0.3) is 0 Å². The van der Waals surface area contributed by atoms with E-state index >= 15 is 0 Å². The minimum absolute atomic E-state index is 0.0248. The minimum Gasteiger partial charge on any atom is -0.375 e. The average Bonchev–Trinajstić information content (AvgIpc) is 2.92. The van der Waals surface area contributed by atoms with Gasteiger partial charge in [0.2, 0.25) is 0 Å². The molecule has 0 aromatic heterocycles. The fourth-order valence-corrected chi connectivity index (χ4v) is 2.78. The van der Waals surface area contributed by atoms with Gasteiger partial charge in [0.1, 0.15) is 0 Å². The van der Waals surface area contributed by atoms with Crippen molar-refractivity contribution in [2.45, 2.75) is 31.7 Å². The van der Waals surface area contributed by atoms with Gasteiger partial charge < -0.3 is 5.32 Å². The summed E-state index contributed by atoms with van der Waals surface area (Å²) in [7, 11) is 0. The number of aryl methyl sites for hydroxylation is 1. The van der Waals surface area contributed by atoms with Crippen LogP contribution in [-0.4, -0.2) is 11.8 Å². The van der Waals surface area contributed by atoms with Gasteiger partial charge in [0, 0.05) is 18.5 Å². The van der Waals surface area contributed by atoms with Crippen LogP contribution in [0.15, 0.2) is 54.6 Å². The second kappa shape index (κ2) is 5.91. The second-order valence-electron chi connectivity index (χ2n) is 5.36. The minimum atomic E-state index is -0.0248. The standard InChI is InChI=1S/C18H19NO/c20-18(12-6-9-14-7-2-1-3-8-14)17-13-15-10-4-5-11-16(15)19-17/h1-5,7-8,10-11,17,19H,6,9,12-13H2. The molecule has 2 nitrogen and oxygen atoms in total. The molecular weight excluding hydrogens is 246 g/mol. The van der Waals surface area contributed by atoms with Crippen molar-refractivity contribution in [3.63, 3.8) is 0 Å². The highest BCUT2D eigenvalue weighted by atomic mass is 16.1. The number of anilines is 1.